The fourth-order valence-corrected chi connectivity index (χ4v) is 2.47. The molecule has 1 atom stereocenters. The molecule has 2 aromatic rings. The van der Waals surface area contributed by atoms with Crippen LogP contribution in [0.3, 0.4) is 0 Å². The maximum absolute atomic E-state index is 14.1. The van der Waals surface area contributed by atoms with Crippen LogP contribution in [0.15, 0.2) is 36.4 Å². The van der Waals surface area contributed by atoms with Crippen LogP contribution in [0.5, 0.6) is 5.75 Å². The molecule has 0 aliphatic rings. The molecular weight excluding hydrogens is 267 g/mol. The molecule has 2 rings (SSSR count). The molecule has 0 fully saturated rings. The van der Waals surface area contributed by atoms with Gasteiger partial charge in [0.2, 0.25) is 0 Å². The predicted octanol–water partition coefficient (Wildman–Crippen LogP) is 3.60. The highest BCUT2D eigenvalue weighted by Crippen LogP contribution is 2.22. The highest BCUT2D eigenvalue weighted by Gasteiger charge is 2.14. The van der Waals surface area contributed by atoms with Crippen LogP contribution in [-0.4, -0.2) is 18.3 Å². The SMILES string of the molecule is COc1cccc(CC(O)Cc2cc(C)ccc2C)c1F. The molecular formula is C18H21FO2. The van der Waals surface area contributed by atoms with Crippen molar-refractivity contribution in [1.29, 1.82) is 0 Å². The van der Waals surface area contributed by atoms with Gasteiger partial charge in [-0.1, -0.05) is 35.9 Å². The van der Waals surface area contributed by atoms with E-state index >= 15 is 0 Å². The van der Waals surface area contributed by atoms with E-state index in [9.17, 15) is 9.50 Å². The lowest BCUT2D eigenvalue weighted by Gasteiger charge is -2.14. The van der Waals surface area contributed by atoms with E-state index in [1.54, 1.807) is 18.2 Å². The van der Waals surface area contributed by atoms with Crippen LogP contribution in [-0.2, 0) is 12.8 Å². The van der Waals surface area contributed by atoms with Gasteiger partial charge in [0.1, 0.15) is 0 Å². The second-order valence-corrected chi connectivity index (χ2v) is 5.43. The Bertz CT molecular complexity index is 623. The maximum atomic E-state index is 14.1. The molecule has 0 aromatic heterocycles. The fraction of sp³-hybridized carbons (Fsp3) is 0.333. The number of hydrogen-bond donors (Lipinski definition) is 1. The van der Waals surface area contributed by atoms with E-state index in [1.807, 2.05) is 26.0 Å². The Hall–Kier alpha value is -1.87. The number of halogens is 1. The Kier molecular flexibility index (Phi) is 4.97. The first-order valence-corrected chi connectivity index (χ1v) is 7.07. The minimum absolute atomic E-state index is 0.214. The first kappa shape index (κ1) is 15.5. The minimum Gasteiger partial charge on any atom is -0.494 e. The molecule has 0 aliphatic heterocycles. The summed E-state index contributed by atoms with van der Waals surface area (Å²) >= 11 is 0. The lowest BCUT2D eigenvalue weighted by molar-refractivity contribution is 0.173. The molecule has 0 spiro atoms. The molecule has 0 heterocycles. The monoisotopic (exact) mass is 288 g/mol. The molecule has 1 unspecified atom stereocenters. The van der Waals surface area contributed by atoms with Crippen LogP contribution in [0.4, 0.5) is 4.39 Å². The summed E-state index contributed by atoms with van der Waals surface area (Å²) in [6.45, 7) is 4.05. The summed E-state index contributed by atoms with van der Waals surface area (Å²) in [5.74, 6) is -0.175. The van der Waals surface area contributed by atoms with Gasteiger partial charge >= 0.3 is 0 Å². The first-order chi connectivity index (χ1) is 10.0. The Labute approximate surface area is 125 Å². The third-order valence-corrected chi connectivity index (χ3v) is 3.68. The highest BCUT2D eigenvalue weighted by atomic mass is 19.1. The van der Waals surface area contributed by atoms with Gasteiger partial charge in [-0.3, -0.25) is 0 Å². The average Bonchev–Trinajstić information content (AvgIpc) is 2.45. The van der Waals surface area contributed by atoms with E-state index in [0.29, 0.717) is 12.0 Å². The number of benzene rings is 2. The number of hydrogen-bond acceptors (Lipinski definition) is 2. The number of aliphatic hydroxyl groups excluding tert-OH is 1. The topological polar surface area (TPSA) is 29.5 Å². The molecule has 2 aromatic carbocycles. The number of rotatable bonds is 5. The summed E-state index contributed by atoms with van der Waals surface area (Å²) in [5.41, 5.74) is 3.89. The Morgan fingerprint density at radius 2 is 1.81 bits per heavy atom. The number of ether oxygens (including phenoxy) is 1. The summed E-state index contributed by atoms with van der Waals surface area (Å²) < 4.78 is 19.0. The molecule has 21 heavy (non-hydrogen) atoms. The van der Waals surface area contributed by atoms with Crippen molar-refractivity contribution in [2.24, 2.45) is 0 Å². The van der Waals surface area contributed by atoms with Gasteiger partial charge < -0.3 is 9.84 Å². The molecule has 0 radical (unpaired) electrons. The van der Waals surface area contributed by atoms with Gasteiger partial charge in [-0.05, 0) is 43.0 Å². The van der Waals surface area contributed by atoms with Gasteiger partial charge in [-0.2, -0.15) is 0 Å². The zero-order chi connectivity index (χ0) is 15.4. The molecule has 1 N–H and O–H groups in total. The summed E-state index contributed by atoms with van der Waals surface area (Å²) in [4.78, 5) is 0. The maximum Gasteiger partial charge on any atom is 0.168 e. The third kappa shape index (κ3) is 3.82. The third-order valence-electron chi connectivity index (χ3n) is 3.68. The molecule has 0 aliphatic carbocycles. The van der Waals surface area contributed by atoms with Crippen molar-refractivity contribution in [2.45, 2.75) is 32.8 Å². The number of methoxy groups -OCH3 is 1. The van der Waals surface area contributed by atoms with E-state index in [0.717, 1.165) is 16.7 Å². The Balaban J connectivity index is 2.11. The van der Waals surface area contributed by atoms with Crippen molar-refractivity contribution >= 4 is 0 Å². The van der Waals surface area contributed by atoms with Gasteiger partial charge in [0.05, 0.1) is 13.2 Å². The average molecular weight is 288 g/mol. The van der Waals surface area contributed by atoms with Crippen LogP contribution >= 0.6 is 0 Å². The highest BCUT2D eigenvalue weighted by molar-refractivity contribution is 5.33. The van der Waals surface area contributed by atoms with Crippen molar-refractivity contribution in [1.82, 2.24) is 0 Å². The van der Waals surface area contributed by atoms with E-state index in [1.165, 1.54) is 7.11 Å². The Morgan fingerprint density at radius 3 is 2.52 bits per heavy atom. The van der Waals surface area contributed by atoms with Crippen LogP contribution in [0.25, 0.3) is 0 Å². The van der Waals surface area contributed by atoms with E-state index in [-0.39, 0.29) is 18.0 Å². The first-order valence-electron chi connectivity index (χ1n) is 7.07. The van der Waals surface area contributed by atoms with Gasteiger partial charge in [-0.25, -0.2) is 4.39 Å². The molecule has 0 saturated heterocycles. The van der Waals surface area contributed by atoms with Crippen LogP contribution in [0.1, 0.15) is 22.3 Å². The summed E-state index contributed by atoms with van der Waals surface area (Å²) in [6.07, 6.45) is 0.174. The van der Waals surface area contributed by atoms with Crippen molar-refractivity contribution in [3.63, 3.8) is 0 Å². The van der Waals surface area contributed by atoms with Gasteiger partial charge in [0, 0.05) is 6.42 Å². The van der Waals surface area contributed by atoms with Crippen molar-refractivity contribution < 1.29 is 14.2 Å². The van der Waals surface area contributed by atoms with E-state index < -0.39 is 6.10 Å². The van der Waals surface area contributed by atoms with Crippen LogP contribution in [0.2, 0.25) is 0 Å². The molecule has 2 nitrogen and oxygen atoms in total. The van der Waals surface area contributed by atoms with Gasteiger partial charge in [-0.15, -0.1) is 0 Å². The molecule has 0 bridgehead atoms. The molecule has 0 amide bonds. The summed E-state index contributed by atoms with van der Waals surface area (Å²) in [5, 5.41) is 10.3. The van der Waals surface area contributed by atoms with Crippen molar-refractivity contribution in [3.05, 3.63) is 64.5 Å². The smallest absolute Gasteiger partial charge is 0.168 e. The normalized spacial score (nSPS) is 12.2. The summed E-state index contributed by atoms with van der Waals surface area (Å²) in [7, 11) is 1.44. The van der Waals surface area contributed by atoms with Crippen LogP contribution < -0.4 is 4.74 Å². The lowest BCUT2D eigenvalue weighted by Crippen LogP contribution is -2.16. The van der Waals surface area contributed by atoms with Crippen LogP contribution in [0, 0.1) is 19.7 Å². The minimum atomic E-state index is -0.618. The summed E-state index contributed by atoms with van der Waals surface area (Å²) in [6, 6.07) is 11.2. The Morgan fingerprint density at radius 1 is 1.10 bits per heavy atom. The lowest BCUT2D eigenvalue weighted by atomic mass is 9.96. The van der Waals surface area contributed by atoms with Crippen molar-refractivity contribution in [2.75, 3.05) is 7.11 Å². The largest absolute Gasteiger partial charge is 0.494 e. The van der Waals surface area contributed by atoms with Crippen molar-refractivity contribution in [3.8, 4) is 5.75 Å². The zero-order valence-electron chi connectivity index (χ0n) is 12.7. The quantitative estimate of drug-likeness (QED) is 0.911. The molecule has 0 saturated carbocycles. The molecule has 112 valence electrons. The fourth-order valence-electron chi connectivity index (χ4n) is 2.47. The molecule has 3 heteroatoms. The predicted molar refractivity (Wildman–Crippen MR) is 82.3 cm³/mol. The number of aryl methyl sites for hydroxylation is 2. The zero-order valence-corrected chi connectivity index (χ0v) is 12.7. The van der Waals surface area contributed by atoms with E-state index in [2.05, 4.69) is 6.07 Å². The van der Waals surface area contributed by atoms with E-state index in [4.69, 9.17) is 4.74 Å². The van der Waals surface area contributed by atoms with Gasteiger partial charge in [0.15, 0.2) is 11.6 Å². The second kappa shape index (κ2) is 6.72. The second-order valence-electron chi connectivity index (χ2n) is 5.43. The standard InChI is InChI=1S/C18H21FO2/c1-12-7-8-13(2)15(9-12)11-16(20)10-14-5-4-6-17(21-3)18(14)19/h4-9,16,20H,10-11H2,1-3H3. The number of aliphatic hydroxyl groups is 1. The van der Waals surface area contributed by atoms with Gasteiger partial charge in [0.25, 0.3) is 0 Å².